The van der Waals surface area contributed by atoms with Gasteiger partial charge in [-0.15, -0.1) is 10.2 Å². The maximum atomic E-state index is 12.5. The third-order valence-corrected chi connectivity index (χ3v) is 6.34. The van der Waals surface area contributed by atoms with E-state index in [1.54, 1.807) is 6.07 Å². The Morgan fingerprint density at radius 2 is 1.91 bits per heavy atom. The minimum Gasteiger partial charge on any atom is -0.486 e. The number of rotatable bonds is 9. The molecule has 33 heavy (non-hydrogen) atoms. The summed E-state index contributed by atoms with van der Waals surface area (Å²) in [6.45, 7) is 9.54. The maximum Gasteiger partial charge on any atom is 0.258 e. The first-order valence-electron chi connectivity index (χ1n) is 11.2. The number of H-pyrrole nitrogens is 1. The lowest BCUT2D eigenvalue weighted by molar-refractivity contribution is 0.284. The second kappa shape index (κ2) is 10.2. The summed E-state index contributed by atoms with van der Waals surface area (Å²) in [5.74, 6) is 3.13. The highest BCUT2D eigenvalue weighted by Gasteiger charge is 2.16. The summed E-state index contributed by atoms with van der Waals surface area (Å²) < 4.78 is 8.07. The van der Waals surface area contributed by atoms with Crippen molar-refractivity contribution in [3.05, 3.63) is 75.6 Å². The highest BCUT2D eigenvalue weighted by atomic mass is 32.2. The summed E-state index contributed by atoms with van der Waals surface area (Å²) in [6.07, 6.45) is 1.00. The molecule has 0 amide bonds. The van der Waals surface area contributed by atoms with Crippen LogP contribution in [0.3, 0.4) is 0 Å². The van der Waals surface area contributed by atoms with Gasteiger partial charge in [0, 0.05) is 6.54 Å². The quantitative estimate of drug-likeness (QED) is 0.355. The summed E-state index contributed by atoms with van der Waals surface area (Å²) in [4.78, 5) is 20.1. The highest BCUT2D eigenvalue weighted by molar-refractivity contribution is 7.98. The first kappa shape index (κ1) is 23.0. The van der Waals surface area contributed by atoms with Crippen molar-refractivity contribution in [2.75, 3.05) is 0 Å². The smallest absolute Gasteiger partial charge is 0.258 e. The fraction of sp³-hybridized carbons (Fsp3) is 0.360. The first-order chi connectivity index (χ1) is 15.9. The van der Waals surface area contributed by atoms with Gasteiger partial charge in [0.1, 0.15) is 18.2 Å². The zero-order valence-electron chi connectivity index (χ0n) is 19.5. The van der Waals surface area contributed by atoms with E-state index in [-0.39, 0.29) is 5.56 Å². The minimum absolute atomic E-state index is 0.119. The molecule has 0 aliphatic rings. The van der Waals surface area contributed by atoms with Crippen LogP contribution in [0.2, 0.25) is 0 Å². The molecule has 4 aromatic rings. The van der Waals surface area contributed by atoms with Gasteiger partial charge in [0.05, 0.1) is 16.7 Å². The molecule has 7 nitrogen and oxygen atoms in total. The lowest BCUT2D eigenvalue weighted by Gasteiger charge is -2.13. The lowest BCUT2D eigenvalue weighted by Crippen LogP contribution is -2.13. The number of hydrogen-bond acceptors (Lipinski definition) is 6. The van der Waals surface area contributed by atoms with Crippen molar-refractivity contribution >= 4 is 22.7 Å². The molecule has 0 aliphatic carbocycles. The van der Waals surface area contributed by atoms with Crippen LogP contribution in [0.1, 0.15) is 43.5 Å². The number of nitrogens with zero attached hydrogens (tertiary/aromatic N) is 4. The second-order valence-electron chi connectivity index (χ2n) is 8.46. The van der Waals surface area contributed by atoms with Gasteiger partial charge in [0.2, 0.25) is 0 Å². The molecule has 0 bridgehead atoms. The Bertz CT molecular complexity index is 1290. The van der Waals surface area contributed by atoms with Gasteiger partial charge in [-0.1, -0.05) is 56.8 Å². The highest BCUT2D eigenvalue weighted by Crippen LogP contribution is 2.23. The molecule has 172 valence electrons. The molecule has 4 rings (SSSR count). The summed E-state index contributed by atoms with van der Waals surface area (Å²) in [6, 6.07) is 13.8. The Kier molecular flexibility index (Phi) is 7.13. The molecule has 0 atom stereocenters. The molecule has 0 saturated heterocycles. The van der Waals surface area contributed by atoms with Crippen LogP contribution in [0.15, 0.2) is 52.4 Å². The van der Waals surface area contributed by atoms with Crippen LogP contribution in [-0.2, 0) is 25.3 Å². The Labute approximate surface area is 197 Å². The number of nitrogens with one attached hydrogen (secondary N) is 1. The number of para-hydroxylation sites is 1. The number of benzene rings is 2. The van der Waals surface area contributed by atoms with Gasteiger partial charge >= 0.3 is 0 Å². The van der Waals surface area contributed by atoms with Crippen molar-refractivity contribution in [2.45, 2.75) is 58.2 Å². The molecule has 8 heteroatoms. The average Bonchev–Trinajstić information content (AvgIpc) is 3.18. The molecular weight excluding hydrogens is 434 g/mol. The molecule has 1 N–H and O–H groups in total. The Balaban J connectivity index is 1.51. The van der Waals surface area contributed by atoms with E-state index < -0.39 is 0 Å². The summed E-state index contributed by atoms with van der Waals surface area (Å²) >= 11 is 1.51. The van der Waals surface area contributed by atoms with Crippen LogP contribution >= 0.6 is 11.8 Å². The Morgan fingerprint density at radius 1 is 1.12 bits per heavy atom. The van der Waals surface area contributed by atoms with Crippen molar-refractivity contribution in [1.29, 1.82) is 0 Å². The first-order valence-corrected chi connectivity index (χ1v) is 12.2. The fourth-order valence-corrected chi connectivity index (χ4v) is 4.44. The lowest BCUT2D eigenvalue weighted by atomic mass is 10.1. The average molecular weight is 464 g/mol. The topological polar surface area (TPSA) is 85.7 Å². The summed E-state index contributed by atoms with van der Waals surface area (Å²) in [7, 11) is 0. The number of aromatic amines is 1. The van der Waals surface area contributed by atoms with E-state index in [0.717, 1.165) is 40.8 Å². The molecule has 0 radical (unpaired) electrons. The molecule has 2 heterocycles. The van der Waals surface area contributed by atoms with E-state index in [2.05, 4.69) is 57.6 Å². The van der Waals surface area contributed by atoms with Crippen molar-refractivity contribution in [3.63, 3.8) is 0 Å². The van der Waals surface area contributed by atoms with Crippen LogP contribution < -0.4 is 10.3 Å². The minimum atomic E-state index is -0.119. The Hall–Kier alpha value is -3.13. The van der Waals surface area contributed by atoms with Crippen molar-refractivity contribution in [3.8, 4) is 5.75 Å². The maximum absolute atomic E-state index is 12.5. The SMILES string of the molecule is CCc1ccc(OCc2nnc(SCc3nc4c(C)cccc4c(=O)[nH]3)n2CC(C)C)cc1. The van der Waals surface area contributed by atoms with Gasteiger partial charge in [0.25, 0.3) is 5.56 Å². The molecule has 0 unspecified atom stereocenters. The normalized spacial score (nSPS) is 11.4. The molecule has 0 spiro atoms. The van der Waals surface area contributed by atoms with E-state index in [0.29, 0.717) is 29.5 Å². The van der Waals surface area contributed by atoms with E-state index >= 15 is 0 Å². The van der Waals surface area contributed by atoms with E-state index in [4.69, 9.17) is 4.74 Å². The third kappa shape index (κ3) is 5.45. The van der Waals surface area contributed by atoms with Crippen molar-refractivity contribution in [2.24, 2.45) is 5.92 Å². The Morgan fingerprint density at radius 3 is 2.64 bits per heavy atom. The number of aromatic nitrogens is 5. The number of aryl methyl sites for hydroxylation is 2. The van der Waals surface area contributed by atoms with Gasteiger partial charge < -0.3 is 14.3 Å². The van der Waals surface area contributed by atoms with E-state index in [9.17, 15) is 4.79 Å². The van der Waals surface area contributed by atoms with Gasteiger partial charge in [0.15, 0.2) is 11.0 Å². The van der Waals surface area contributed by atoms with Crippen LogP contribution in [0.5, 0.6) is 5.75 Å². The number of fused-ring (bicyclic) bond motifs is 1. The standard InChI is InChI=1S/C25H29N5O2S/c1-5-18-9-11-19(12-10-18)32-14-22-28-29-25(30(22)13-16(2)3)33-15-21-26-23-17(4)7-6-8-20(23)24(31)27-21/h6-12,16H,5,13-15H2,1-4H3,(H,26,27,31). The van der Waals surface area contributed by atoms with Gasteiger partial charge in [-0.3, -0.25) is 4.79 Å². The molecule has 0 saturated carbocycles. The third-order valence-electron chi connectivity index (χ3n) is 5.37. The number of thioether (sulfide) groups is 1. The van der Waals surface area contributed by atoms with Crippen molar-refractivity contribution < 1.29 is 4.74 Å². The summed E-state index contributed by atoms with van der Waals surface area (Å²) in [5, 5.41) is 10.2. The predicted octanol–water partition coefficient (Wildman–Crippen LogP) is 4.91. The molecule has 2 aromatic carbocycles. The van der Waals surface area contributed by atoms with Crippen molar-refractivity contribution in [1.82, 2.24) is 24.7 Å². The molecular formula is C25H29N5O2S. The van der Waals surface area contributed by atoms with Gasteiger partial charge in [-0.25, -0.2) is 4.98 Å². The van der Waals surface area contributed by atoms with E-state index in [1.807, 2.05) is 31.2 Å². The van der Waals surface area contributed by atoms with Gasteiger partial charge in [-0.05, 0) is 48.6 Å². The predicted molar refractivity (Wildman–Crippen MR) is 132 cm³/mol. The van der Waals surface area contributed by atoms with Crippen LogP contribution in [0, 0.1) is 12.8 Å². The van der Waals surface area contributed by atoms with Crippen LogP contribution in [0.25, 0.3) is 10.9 Å². The second-order valence-corrected chi connectivity index (χ2v) is 9.40. The van der Waals surface area contributed by atoms with Gasteiger partial charge in [-0.2, -0.15) is 0 Å². The largest absolute Gasteiger partial charge is 0.486 e. The zero-order valence-corrected chi connectivity index (χ0v) is 20.3. The monoisotopic (exact) mass is 463 g/mol. The zero-order chi connectivity index (χ0) is 23.4. The van der Waals surface area contributed by atoms with Crippen LogP contribution in [0.4, 0.5) is 0 Å². The number of ether oxygens (including phenoxy) is 1. The molecule has 0 aliphatic heterocycles. The molecule has 0 fully saturated rings. The van der Waals surface area contributed by atoms with E-state index in [1.165, 1.54) is 17.3 Å². The molecule has 2 aromatic heterocycles. The fourth-order valence-electron chi connectivity index (χ4n) is 3.60. The summed E-state index contributed by atoms with van der Waals surface area (Å²) in [5.41, 5.74) is 2.88. The van der Waals surface area contributed by atoms with Crippen LogP contribution in [-0.4, -0.2) is 24.7 Å². The number of hydrogen-bond donors (Lipinski definition) is 1.